The molecule has 0 bridgehead atoms. The minimum atomic E-state index is -3.72. The lowest BCUT2D eigenvalue weighted by Crippen LogP contribution is -2.68. The predicted molar refractivity (Wildman–Crippen MR) is 161 cm³/mol. The summed E-state index contributed by atoms with van der Waals surface area (Å²) in [4.78, 5) is 2.75. The van der Waals surface area contributed by atoms with Gasteiger partial charge < -0.3 is 9.85 Å². The molecule has 39 heavy (non-hydrogen) atoms. The summed E-state index contributed by atoms with van der Waals surface area (Å²) >= 11 is 0. The highest BCUT2D eigenvalue weighted by molar-refractivity contribution is 7.89. The number of hydrogen-bond donors (Lipinski definition) is 2. The maximum absolute atomic E-state index is 12.9. The summed E-state index contributed by atoms with van der Waals surface area (Å²) in [6.45, 7) is 8.70. The molecule has 4 aromatic rings. The van der Waals surface area contributed by atoms with E-state index in [1.165, 1.54) is 10.4 Å². The van der Waals surface area contributed by atoms with E-state index in [2.05, 4.69) is 79.6 Å². The summed E-state index contributed by atoms with van der Waals surface area (Å²) in [7, 11) is -6.53. The van der Waals surface area contributed by atoms with Crippen LogP contribution in [-0.2, 0) is 16.4 Å². The summed E-state index contributed by atoms with van der Waals surface area (Å²) < 4.78 is 33.0. The molecule has 0 amide bonds. The van der Waals surface area contributed by atoms with Gasteiger partial charge in [0.15, 0.2) is 0 Å². The van der Waals surface area contributed by atoms with E-state index in [1.807, 2.05) is 43.3 Å². The van der Waals surface area contributed by atoms with Crippen molar-refractivity contribution in [2.45, 2.75) is 44.0 Å². The van der Waals surface area contributed by atoms with Gasteiger partial charge in [-0.15, -0.1) is 4.83 Å². The first-order valence-electron chi connectivity index (χ1n) is 13.1. The zero-order chi connectivity index (χ0) is 27.7. The van der Waals surface area contributed by atoms with Crippen LogP contribution in [-0.4, -0.2) is 16.7 Å². The summed E-state index contributed by atoms with van der Waals surface area (Å²) in [6, 6.07) is 33.9. The molecule has 1 aliphatic rings. The van der Waals surface area contributed by atoms with Crippen LogP contribution in [0.1, 0.15) is 37.5 Å². The molecule has 0 aliphatic heterocycles. The number of hydrogen-bond acceptors (Lipinski definition) is 4. The highest BCUT2D eigenvalue weighted by Gasteiger charge is 2.52. The lowest BCUT2D eigenvalue weighted by Gasteiger charge is -2.43. The summed E-state index contributed by atoms with van der Waals surface area (Å²) in [5.41, 5.74) is 6.64. The monoisotopic (exact) mass is 554 g/mol. The van der Waals surface area contributed by atoms with Crippen molar-refractivity contribution in [2.24, 2.45) is 0 Å². The Kier molecular flexibility index (Phi) is 7.24. The third-order valence-electron chi connectivity index (χ3n) is 7.26. The Morgan fingerprint density at radius 3 is 1.92 bits per heavy atom. The minimum absolute atomic E-state index is 0.171. The number of allylic oxidation sites excluding steroid dienone is 1. The van der Waals surface area contributed by atoms with E-state index in [0.29, 0.717) is 12.1 Å². The molecular weight excluding hydrogens is 521 g/mol. The SMILES string of the molecule is Cc1ccc(S(=O)(=O)NNC2=CCc3c(O[Si](c4ccccc4)(c4ccccc4)C(C)(C)C)cccc32)cc1. The number of aryl methyl sites for hydroxylation is 1. The van der Waals surface area contributed by atoms with Gasteiger partial charge in [0.2, 0.25) is 0 Å². The quantitative estimate of drug-likeness (QED) is 0.229. The maximum atomic E-state index is 12.9. The van der Waals surface area contributed by atoms with Crippen LogP contribution in [0.2, 0.25) is 5.04 Å². The first kappa shape index (κ1) is 26.9. The Labute approximate surface area is 232 Å². The largest absolute Gasteiger partial charge is 0.534 e. The van der Waals surface area contributed by atoms with Gasteiger partial charge in [0.05, 0.1) is 10.6 Å². The number of sulfonamides is 1. The van der Waals surface area contributed by atoms with Crippen molar-refractivity contribution < 1.29 is 12.8 Å². The Morgan fingerprint density at radius 2 is 1.36 bits per heavy atom. The average Bonchev–Trinajstić information content (AvgIpc) is 3.35. The molecule has 0 saturated heterocycles. The summed E-state index contributed by atoms with van der Waals surface area (Å²) in [5, 5.41) is 2.24. The van der Waals surface area contributed by atoms with Gasteiger partial charge in [-0.05, 0) is 47.0 Å². The number of nitrogens with one attached hydrogen (secondary N) is 2. The number of rotatable bonds is 8. The first-order chi connectivity index (χ1) is 18.6. The van der Waals surface area contributed by atoms with E-state index in [0.717, 1.165) is 22.4 Å². The number of fused-ring (bicyclic) bond motifs is 1. The molecular formula is C32H34N2O3SSi. The molecule has 0 fully saturated rings. The van der Waals surface area contributed by atoms with E-state index >= 15 is 0 Å². The van der Waals surface area contributed by atoms with Crippen molar-refractivity contribution in [3.63, 3.8) is 0 Å². The van der Waals surface area contributed by atoms with E-state index in [-0.39, 0.29) is 9.93 Å². The molecule has 0 unspecified atom stereocenters. The molecule has 2 N–H and O–H groups in total. The van der Waals surface area contributed by atoms with Gasteiger partial charge in [0.1, 0.15) is 5.75 Å². The van der Waals surface area contributed by atoms with Crippen LogP contribution in [0.25, 0.3) is 5.70 Å². The summed E-state index contributed by atoms with van der Waals surface area (Å²) in [5.74, 6) is 0.830. The fraction of sp³-hybridized carbons (Fsp3) is 0.188. The topological polar surface area (TPSA) is 67.4 Å². The maximum Gasteiger partial charge on any atom is 0.319 e. The van der Waals surface area contributed by atoms with Gasteiger partial charge in [-0.1, -0.05) is 117 Å². The van der Waals surface area contributed by atoms with Gasteiger partial charge in [-0.2, -0.15) is 0 Å². The number of benzene rings is 4. The molecule has 5 nitrogen and oxygen atoms in total. The van der Waals surface area contributed by atoms with Crippen LogP contribution in [0.5, 0.6) is 5.75 Å². The molecule has 7 heteroatoms. The summed E-state index contributed by atoms with van der Waals surface area (Å²) in [6.07, 6.45) is 2.64. The molecule has 0 aromatic heterocycles. The Morgan fingerprint density at radius 1 is 0.769 bits per heavy atom. The Hall–Kier alpha value is -3.65. The molecule has 0 radical (unpaired) electrons. The van der Waals surface area contributed by atoms with E-state index in [9.17, 15) is 8.42 Å². The van der Waals surface area contributed by atoms with E-state index in [4.69, 9.17) is 4.43 Å². The first-order valence-corrected chi connectivity index (χ1v) is 16.5. The highest BCUT2D eigenvalue weighted by atomic mass is 32.2. The van der Waals surface area contributed by atoms with Crippen LogP contribution in [0.4, 0.5) is 0 Å². The molecule has 0 spiro atoms. The Bertz CT molecular complexity index is 1560. The van der Waals surface area contributed by atoms with Crippen molar-refractivity contribution in [2.75, 3.05) is 0 Å². The van der Waals surface area contributed by atoms with Gasteiger partial charge in [0.25, 0.3) is 10.0 Å². The molecule has 4 aromatic carbocycles. The lowest BCUT2D eigenvalue weighted by atomic mass is 10.1. The average molecular weight is 555 g/mol. The second-order valence-electron chi connectivity index (χ2n) is 10.9. The third-order valence-corrected chi connectivity index (χ3v) is 13.5. The van der Waals surface area contributed by atoms with Crippen molar-refractivity contribution in [1.29, 1.82) is 0 Å². The molecule has 1 aliphatic carbocycles. The standard InChI is InChI=1S/C32H34N2O3SSi/c1-24-18-20-25(21-19-24)38(35,36)34-33-30-23-22-29-28(30)16-11-17-31(29)37-39(32(2,3)4,26-12-7-5-8-13-26)27-14-9-6-10-15-27/h5-21,23,33-34H,22H2,1-4H3. The van der Waals surface area contributed by atoms with Gasteiger partial charge in [0, 0.05) is 11.1 Å². The van der Waals surface area contributed by atoms with Crippen LogP contribution in [0.15, 0.2) is 114 Å². The van der Waals surface area contributed by atoms with Crippen molar-refractivity contribution in [1.82, 2.24) is 10.3 Å². The van der Waals surface area contributed by atoms with Gasteiger partial charge >= 0.3 is 8.32 Å². The zero-order valence-corrected chi connectivity index (χ0v) is 24.5. The van der Waals surface area contributed by atoms with Crippen LogP contribution >= 0.6 is 0 Å². The van der Waals surface area contributed by atoms with E-state index in [1.54, 1.807) is 24.3 Å². The highest BCUT2D eigenvalue weighted by Crippen LogP contribution is 2.40. The predicted octanol–water partition coefficient (Wildman–Crippen LogP) is 5.31. The van der Waals surface area contributed by atoms with Crippen LogP contribution in [0.3, 0.4) is 0 Å². The zero-order valence-electron chi connectivity index (χ0n) is 22.7. The number of hydrazine groups is 1. The Balaban J connectivity index is 1.49. The molecule has 0 atom stereocenters. The normalized spacial score (nSPS) is 13.5. The molecule has 0 saturated carbocycles. The van der Waals surface area contributed by atoms with Crippen LogP contribution < -0.4 is 25.1 Å². The van der Waals surface area contributed by atoms with Gasteiger partial charge in [-0.3, -0.25) is 0 Å². The van der Waals surface area contributed by atoms with Crippen molar-refractivity contribution in [3.05, 3.63) is 126 Å². The van der Waals surface area contributed by atoms with Gasteiger partial charge in [-0.25, -0.2) is 8.42 Å². The fourth-order valence-corrected chi connectivity index (χ4v) is 10.6. The smallest absolute Gasteiger partial charge is 0.319 e. The van der Waals surface area contributed by atoms with Crippen LogP contribution in [0, 0.1) is 6.92 Å². The minimum Gasteiger partial charge on any atom is -0.534 e. The third kappa shape index (κ3) is 5.17. The van der Waals surface area contributed by atoms with Crippen molar-refractivity contribution >= 4 is 34.4 Å². The second-order valence-corrected chi connectivity index (χ2v) is 16.8. The molecule has 0 heterocycles. The molecule has 5 rings (SSSR count). The molecule has 200 valence electrons. The van der Waals surface area contributed by atoms with E-state index < -0.39 is 18.3 Å². The lowest BCUT2D eigenvalue weighted by molar-refractivity contribution is 0.504. The second kappa shape index (κ2) is 10.5. The fourth-order valence-electron chi connectivity index (χ4n) is 5.27. The van der Waals surface area contributed by atoms with Crippen molar-refractivity contribution in [3.8, 4) is 5.75 Å².